The zero-order valence-electron chi connectivity index (χ0n) is 15.5. The first-order valence-electron chi connectivity index (χ1n) is 8.26. The molecule has 0 aliphatic carbocycles. The van der Waals surface area contributed by atoms with Crippen LogP contribution in [0.15, 0.2) is 36.4 Å². The van der Waals surface area contributed by atoms with Crippen molar-refractivity contribution < 1.29 is 31.5 Å². The minimum Gasteiger partial charge on any atom is -0.493 e. The Morgan fingerprint density at radius 2 is 1.90 bits per heavy atom. The number of hydrogen-bond acceptors (Lipinski definition) is 5. The second-order valence-corrected chi connectivity index (χ2v) is 8.09. The summed E-state index contributed by atoms with van der Waals surface area (Å²) in [6, 6.07) is 8.75. The Kier molecular flexibility index (Phi) is 7.63. The fraction of sp³-hybridized carbons (Fsp3) is 0.278. The zero-order valence-corrected chi connectivity index (χ0v) is 17.1. The van der Waals surface area contributed by atoms with Crippen molar-refractivity contribution in [2.45, 2.75) is 13.0 Å². The molecule has 0 fully saturated rings. The van der Waals surface area contributed by atoms with Crippen molar-refractivity contribution in [3.05, 3.63) is 52.5 Å². The number of carbonyl (C=O) groups is 1. The fourth-order valence-corrected chi connectivity index (χ4v) is 3.22. The van der Waals surface area contributed by atoms with Crippen molar-refractivity contribution in [3.8, 4) is 11.5 Å². The molecule has 0 spiro atoms. The molecule has 2 aromatic carbocycles. The molecule has 2 N–H and O–H groups in total. The van der Waals surface area contributed by atoms with Crippen LogP contribution in [-0.2, 0) is 16.4 Å². The summed E-state index contributed by atoms with van der Waals surface area (Å²) in [7, 11) is -2.22. The smallest absolute Gasteiger partial charge is 0.387 e. The van der Waals surface area contributed by atoms with Gasteiger partial charge in [0.2, 0.25) is 10.0 Å². The second kappa shape index (κ2) is 9.75. The summed E-state index contributed by atoms with van der Waals surface area (Å²) in [5.74, 6) is -0.374. The van der Waals surface area contributed by atoms with Crippen LogP contribution in [0.3, 0.4) is 0 Å². The third-order valence-corrected chi connectivity index (χ3v) is 4.59. The van der Waals surface area contributed by atoms with E-state index >= 15 is 0 Å². The molecule has 158 valence electrons. The predicted octanol–water partition coefficient (Wildman–Crippen LogP) is 3.29. The minimum atomic E-state index is -3.56. The van der Waals surface area contributed by atoms with Gasteiger partial charge < -0.3 is 14.8 Å². The molecule has 0 bridgehead atoms. The van der Waals surface area contributed by atoms with Gasteiger partial charge in [-0.3, -0.25) is 9.52 Å². The van der Waals surface area contributed by atoms with Crippen LogP contribution in [0.1, 0.15) is 15.9 Å². The van der Waals surface area contributed by atoms with Gasteiger partial charge in [-0.25, -0.2) is 8.42 Å². The molecule has 0 heterocycles. The van der Waals surface area contributed by atoms with Gasteiger partial charge in [0.05, 0.1) is 24.1 Å². The van der Waals surface area contributed by atoms with E-state index in [1.54, 1.807) is 6.07 Å². The van der Waals surface area contributed by atoms with E-state index in [-0.39, 0.29) is 34.3 Å². The molecule has 0 aromatic heterocycles. The van der Waals surface area contributed by atoms with Gasteiger partial charge in [0.1, 0.15) is 0 Å². The predicted molar refractivity (Wildman–Crippen MR) is 106 cm³/mol. The maximum absolute atomic E-state index is 12.5. The highest BCUT2D eigenvalue weighted by Crippen LogP contribution is 2.29. The van der Waals surface area contributed by atoms with E-state index in [0.717, 1.165) is 6.26 Å². The SMILES string of the molecule is COc1ccc(CCNC(=O)c2ccc(Cl)c(NS(C)(=O)=O)c2)cc1OC(F)F. The highest BCUT2D eigenvalue weighted by atomic mass is 35.5. The molecule has 2 rings (SSSR count). The highest BCUT2D eigenvalue weighted by Gasteiger charge is 2.13. The maximum Gasteiger partial charge on any atom is 0.387 e. The monoisotopic (exact) mass is 448 g/mol. The van der Waals surface area contributed by atoms with Crippen molar-refractivity contribution in [2.24, 2.45) is 0 Å². The highest BCUT2D eigenvalue weighted by molar-refractivity contribution is 7.92. The number of anilines is 1. The number of ether oxygens (including phenoxy) is 2. The summed E-state index contributed by atoms with van der Waals surface area (Å²) in [6.07, 6.45) is 1.31. The first-order valence-corrected chi connectivity index (χ1v) is 10.5. The summed E-state index contributed by atoms with van der Waals surface area (Å²) in [6.45, 7) is -2.78. The number of benzene rings is 2. The Bertz CT molecular complexity index is 986. The molecule has 0 atom stereocenters. The van der Waals surface area contributed by atoms with E-state index in [2.05, 4.69) is 14.8 Å². The van der Waals surface area contributed by atoms with E-state index in [9.17, 15) is 22.0 Å². The van der Waals surface area contributed by atoms with Crippen LogP contribution in [0.2, 0.25) is 5.02 Å². The third kappa shape index (κ3) is 7.06. The van der Waals surface area contributed by atoms with Crippen LogP contribution in [-0.4, -0.2) is 40.8 Å². The number of rotatable bonds is 9. The lowest BCUT2D eigenvalue weighted by atomic mass is 10.1. The fourth-order valence-electron chi connectivity index (χ4n) is 2.43. The quantitative estimate of drug-likeness (QED) is 0.614. The van der Waals surface area contributed by atoms with E-state index in [1.807, 2.05) is 0 Å². The molecule has 0 aliphatic rings. The number of sulfonamides is 1. The molecule has 7 nitrogen and oxygen atoms in total. The van der Waals surface area contributed by atoms with Gasteiger partial charge in [0.25, 0.3) is 5.91 Å². The number of methoxy groups -OCH3 is 1. The lowest BCUT2D eigenvalue weighted by Crippen LogP contribution is -2.26. The van der Waals surface area contributed by atoms with Crippen LogP contribution >= 0.6 is 11.6 Å². The molecule has 29 heavy (non-hydrogen) atoms. The van der Waals surface area contributed by atoms with E-state index in [4.69, 9.17) is 16.3 Å². The zero-order chi connectivity index (χ0) is 21.6. The van der Waals surface area contributed by atoms with Crippen molar-refractivity contribution >= 4 is 33.2 Å². The van der Waals surface area contributed by atoms with Crippen LogP contribution in [0.5, 0.6) is 11.5 Å². The van der Waals surface area contributed by atoms with Gasteiger partial charge in [-0.2, -0.15) is 8.78 Å². The second-order valence-electron chi connectivity index (χ2n) is 5.94. The van der Waals surface area contributed by atoms with Crippen LogP contribution in [0.25, 0.3) is 0 Å². The average Bonchev–Trinajstić information content (AvgIpc) is 2.62. The summed E-state index contributed by atoms with van der Waals surface area (Å²) in [5, 5.41) is 2.82. The molecule has 0 saturated heterocycles. The number of amides is 1. The molecule has 0 radical (unpaired) electrons. The average molecular weight is 449 g/mol. The van der Waals surface area contributed by atoms with Crippen LogP contribution < -0.4 is 19.5 Å². The topological polar surface area (TPSA) is 93.7 Å². The molecule has 0 saturated carbocycles. The van der Waals surface area contributed by atoms with Crippen molar-refractivity contribution in [2.75, 3.05) is 24.6 Å². The van der Waals surface area contributed by atoms with Gasteiger partial charge in [-0.05, 0) is 42.3 Å². The molecule has 2 aromatic rings. The summed E-state index contributed by atoms with van der Waals surface area (Å²) in [4.78, 5) is 12.3. The molecule has 11 heteroatoms. The normalized spacial score (nSPS) is 11.2. The molecule has 0 aliphatic heterocycles. The lowest BCUT2D eigenvalue weighted by molar-refractivity contribution is -0.0512. The van der Waals surface area contributed by atoms with Gasteiger partial charge >= 0.3 is 6.61 Å². The maximum atomic E-state index is 12.5. The van der Waals surface area contributed by atoms with Crippen molar-refractivity contribution in [3.63, 3.8) is 0 Å². The molecule has 1 amide bonds. The standard InChI is InChI=1S/C18H19ClF2N2O5S/c1-27-15-6-3-11(9-16(15)28-18(20)21)7-8-22-17(24)12-4-5-13(19)14(10-12)23-29(2,25)26/h3-6,9-10,18,23H,7-8H2,1-2H3,(H,22,24). The minimum absolute atomic E-state index is 0.0887. The third-order valence-electron chi connectivity index (χ3n) is 3.67. The first kappa shape index (κ1) is 22.7. The molecule has 0 unspecified atom stereocenters. The van der Waals surface area contributed by atoms with Crippen LogP contribution in [0, 0.1) is 0 Å². The molecular formula is C18H19ClF2N2O5S. The number of nitrogens with one attached hydrogen (secondary N) is 2. The summed E-state index contributed by atoms with van der Waals surface area (Å²) >= 11 is 5.93. The number of carbonyl (C=O) groups excluding carboxylic acids is 1. The number of hydrogen-bond donors (Lipinski definition) is 2. The largest absolute Gasteiger partial charge is 0.493 e. The Morgan fingerprint density at radius 1 is 1.17 bits per heavy atom. The van der Waals surface area contributed by atoms with Gasteiger partial charge in [0, 0.05) is 12.1 Å². The van der Waals surface area contributed by atoms with Crippen molar-refractivity contribution in [1.29, 1.82) is 0 Å². The van der Waals surface area contributed by atoms with Gasteiger partial charge in [-0.15, -0.1) is 0 Å². The van der Waals surface area contributed by atoms with Gasteiger partial charge in [-0.1, -0.05) is 17.7 Å². The van der Waals surface area contributed by atoms with E-state index < -0.39 is 22.5 Å². The van der Waals surface area contributed by atoms with E-state index in [0.29, 0.717) is 12.0 Å². The summed E-state index contributed by atoms with van der Waals surface area (Å²) < 4.78 is 59.3. The first-order chi connectivity index (χ1) is 13.6. The van der Waals surface area contributed by atoms with Crippen LogP contribution in [0.4, 0.5) is 14.5 Å². The Labute approximate surface area is 172 Å². The Hall–Kier alpha value is -2.59. The van der Waals surface area contributed by atoms with Gasteiger partial charge in [0.15, 0.2) is 11.5 Å². The lowest BCUT2D eigenvalue weighted by Gasteiger charge is -2.12. The molecular weight excluding hydrogens is 430 g/mol. The summed E-state index contributed by atoms with van der Waals surface area (Å²) in [5.41, 5.74) is 0.944. The van der Waals surface area contributed by atoms with Crippen molar-refractivity contribution in [1.82, 2.24) is 5.32 Å². The number of halogens is 3. The Morgan fingerprint density at radius 3 is 2.52 bits per heavy atom. The number of alkyl halides is 2. The van der Waals surface area contributed by atoms with E-state index in [1.165, 1.54) is 37.4 Å². The Balaban J connectivity index is 2.02.